The largest absolute Gasteiger partial charge is 0.356 e. The molecule has 0 fully saturated rings. The predicted molar refractivity (Wildman–Crippen MR) is 111 cm³/mol. The molecule has 2 aromatic heterocycles. The highest BCUT2D eigenvalue weighted by atomic mass is 16.1. The topological polar surface area (TPSA) is 46.9 Å². The molecule has 0 aliphatic rings. The first kappa shape index (κ1) is 19.2. The second-order valence-electron chi connectivity index (χ2n) is 7.12. The summed E-state index contributed by atoms with van der Waals surface area (Å²) in [6.45, 7) is 4.02. The Bertz CT molecular complexity index is 854. The van der Waals surface area contributed by atoms with Crippen molar-refractivity contribution < 1.29 is 4.79 Å². The van der Waals surface area contributed by atoms with E-state index in [0.29, 0.717) is 6.42 Å². The number of para-hydroxylation sites is 1. The summed E-state index contributed by atoms with van der Waals surface area (Å²) in [6.07, 6.45) is 9.43. The molecular weight excluding hydrogens is 334 g/mol. The van der Waals surface area contributed by atoms with Crippen LogP contribution in [0.15, 0.2) is 54.9 Å². The summed E-state index contributed by atoms with van der Waals surface area (Å²) in [5.41, 5.74) is 3.77. The normalized spacial score (nSPS) is 11.0. The number of hydrogen-bond donors (Lipinski definition) is 1. The summed E-state index contributed by atoms with van der Waals surface area (Å²) >= 11 is 0. The molecule has 142 valence electrons. The van der Waals surface area contributed by atoms with E-state index in [1.807, 2.05) is 18.3 Å². The number of pyridine rings is 1. The quantitative estimate of drug-likeness (QED) is 0.533. The molecule has 0 aliphatic carbocycles. The second kappa shape index (κ2) is 9.91. The van der Waals surface area contributed by atoms with Crippen molar-refractivity contribution in [1.82, 2.24) is 14.9 Å². The highest BCUT2D eigenvalue weighted by molar-refractivity contribution is 5.81. The number of rotatable bonds is 10. The fraction of sp³-hybridized carbons (Fsp3) is 0.391. The number of hydrogen-bond acceptors (Lipinski definition) is 2. The van der Waals surface area contributed by atoms with E-state index in [-0.39, 0.29) is 5.91 Å². The SMILES string of the molecule is Cc1cc2ccccc2n1CCCCCCNC(=O)CCc1cccnc1. The van der Waals surface area contributed by atoms with Gasteiger partial charge in [0.1, 0.15) is 0 Å². The first-order valence-corrected chi connectivity index (χ1v) is 9.94. The standard InChI is InChI=1S/C23H29N3O/c1-19-17-21-10-4-5-11-22(21)26(19)16-7-3-2-6-15-25-23(27)13-12-20-9-8-14-24-18-20/h4-5,8-11,14,17-18H,2-3,6-7,12-13,15-16H2,1H3,(H,25,27). The molecule has 4 heteroatoms. The van der Waals surface area contributed by atoms with Gasteiger partial charge in [0.2, 0.25) is 5.91 Å². The van der Waals surface area contributed by atoms with E-state index in [9.17, 15) is 4.79 Å². The van der Waals surface area contributed by atoms with Crippen LogP contribution in [0.1, 0.15) is 43.4 Å². The average Bonchev–Trinajstić information content (AvgIpc) is 3.01. The van der Waals surface area contributed by atoms with Crippen LogP contribution in [0.3, 0.4) is 0 Å². The van der Waals surface area contributed by atoms with Gasteiger partial charge in [0.25, 0.3) is 0 Å². The Labute approximate surface area is 161 Å². The van der Waals surface area contributed by atoms with Crippen LogP contribution in [0.4, 0.5) is 0 Å². The van der Waals surface area contributed by atoms with Gasteiger partial charge in [0, 0.05) is 43.1 Å². The van der Waals surface area contributed by atoms with E-state index < -0.39 is 0 Å². The van der Waals surface area contributed by atoms with Gasteiger partial charge in [-0.3, -0.25) is 9.78 Å². The first-order valence-electron chi connectivity index (χ1n) is 9.94. The Hall–Kier alpha value is -2.62. The van der Waals surface area contributed by atoms with Gasteiger partial charge in [-0.15, -0.1) is 0 Å². The average molecular weight is 364 g/mol. The lowest BCUT2D eigenvalue weighted by Crippen LogP contribution is -2.24. The second-order valence-corrected chi connectivity index (χ2v) is 7.12. The van der Waals surface area contributed by atoms with E-state index in [4.69, 9.17) is 0 Å². The van der Waals surface area contributed by atoms with Crippen LogP contribution in [-0.2, 0) is 17.8 Å². The van der Waals surface area contributed by atoms with Gasteiger partial charge in [-0.2, -0.15) is 0 Å². The lowest BCUT2D eigenvalue weighted by atomic mass is 10.1. The predicted octanol–water partition coefficient (Wildman–Crippen LogP) is 4.65. The van der Waals surface area contributed by atoms with Crippen molar-refractivity contribution in [3.05, 3.63) is 66.1 Å². The minimum absolute atomic E-state index is 0.133. The number of aryl methyl sites for hydroxylation is 3. The Morgan fingerprint density at radius 1 is 1.07 bits per heavy atom. The Morgan fingerprint density at radius 3 is 2.78 bits per heavy atom. The Morgan fingerprint density at radius 2 is 1.93 bits per heavy atom. The number of nitrogens with one attached hydrogen (secondary N) is 1. The summed E-state index contributed by atoms with van der Waals surface area (Å²) in [5, 5.41) is 4.35. The van der Waals surface area contributed by atoms with Crippen LogP contribution in [0.2, 0.25) is 0 Å². The molecule has 0 saturated carbocycles. The third-order valence-corrected chi connectivity index (χ3v) is 5.01. The van der Waals surface area contributed by atoms with Crippen molar-refractivity contribution in [1.29, 1.82) is 0 Å². The van der Waals surface area contributed by atoms with Crippen LogP contribution in [0.25, 0.3) is 10.9 Å². The van der Waals surface area contributed by atoms with Gasteiger partial charge in [-0.05, 0) is 55.3 Å². The molecule has 0 atom stereocenters. The molecule has 3 aromatic rings. The van der Waals surface area contributed by atoms with Crippen LogP contribution in [-0.4, -0.2) is 22.0 Å². The molecule has 27 heavy (non-hydrogen) atoms. The zero-order valence-electron chi connectivity index (χ0n) is 16.2. The molecule has 2 heterocycles. The van der Waals surface area contributed by atoms with Crippen LogP contribution < -0.4 is 5.32 Å². The molecule has 0 radical (unpaired) electrons. The highest BCUT2D eigenvalue weighted by Gasteiger charge is 2.05. The third-order valence-electron chi connectivity index (χ3n) is 5.01. The number of carbonyl (C=O) groups is 1. The molecule has 0 aliphatic heterocycles. The summed E-state index contributed by atoms with van der Waals surface area (Å²) in [4.78, 5) is 16.0. The number of nitrogens with zero attached hydrogens (tertiary/aromatic N) is 2. The van der Waals surface area contributed by atoms with E-state index >= 15 is 0 Å². The highest BCUT2D eigenvalue weighted by Crippen LogP contribution is 2.20. The zero-order chi connectivity index (χ0) is 18.9. The molecule has 1 aromatic carbocycles. The van der Waals surface area contributed by atoms with E-state index in [0.717, 1.165) is 37.9 Å². The maximum Gasteiger partial charge on any atom is 0.220 e. The van der Waals surface area contributed by atoms with Gasteiger partial charge < -0.3 is 9.88 Å². The zero-order valence-corrected chi connectivity index (χ0v) is 16.2. The van der Waals surface area contributed by atoms with Crippen molar-refractivity contribution in [2.24, 2.45) is 0 Å². The Balaban J connectivity index is 1.27. The van der Waals surface area contributed by atoms with Gasteiger partial charge >= 0.3 is 0 Å². The van der Waals surface area contributed by atoms with Crippen molar-refractivity contribution in [3.8, 4) is 0 Å². The van der Waals surface area contributed by atoms with E-state index in [1.165, 1.54) is 29.4 Å². The van der Waals surface area contributed by atoms with Crippen LogP contribution >= 0.6 is 0 Å². The molecule has 0 saturated heterocycles. The summed E-state index contributed by atoms with van der Waals surface area (Å²) in [7, 11) is 0. The summed E-state index contributed by atoms with van der Waals surface area (Å²) in [5.74, 6) is 0.133. The van der Waals surface area contributed by atoms with Crippen LogP contribution in [0, 0.1) is 6.92 Å². The third kappa shape index (κ3) is 5.68. The number of carbonyl (C=O) groups excluding carboxylic acids is 1. The summed E-state index contributed by atoms with van der Waals surface area (Å²) in [6, 6.07) is 14.8. The van der Waals surface area contributed by atoms with Crippen LogP contribution in [0.5, 0.6) is 0 Å². The van der Waals surface area contributed by atoms with Gasteiger partial charge in [0.05, 0.1) is 0 Å². The van der Waals surface area contributed by atoms with Crippen molar-refractivity contribution in [2.75, 3.05) is 6.54 Å². The molecule has 4 nitrogen and oxygen atoms in total. The summed E-state index contributed by atoms with van der Waals surface area (Å²) < 4.78 is 2.41. The fourth-order valence-corrected chi connectivity index (χ4v) is 3.51. The molecule has 0 unspecified atom stereocenters. The molecule has 0 bridgehead atoms. The minimum atomic E-state index is 0.133. The fourth-order valence-electron chi connectivity index (χ4n) is 3.51. The molecular formula is C23H29N3O. The van der Waals surface area contributed by atoms with E-state index in [2.05, 4.69) is 52.1 Å². The maximum atomic E-state index is 11.9. The lowest BCUT2D eigenvalue weighted by Gasteiger charge is -2.09. The number of unbranched alkanes of at least 4 members (excludes halogenated alkanes) is 3. The smallest absolute Gasteiger partial charge is 0.220 e. The van der Waals surface area contributed by atoms with Crippen molar-refractivity contribution in [2.45, 2.75) is 52.0 Å². The van der Waals surface area contributed by atoms with Gasteiger partial charge in [-0.25, -0.2) is 0 Å². The molecule has 1 amide bonds. The van der Waals surface area contributed by atoms with E-state index in [1.54, 1.807) is 6.20 Å². The monoisotopic (exact) mass is 363 g/mol. The number of aromatic nitrogens is 2. The first-order chi connectivity index (χ1) is 13.2. The minimum Gasteiger partial charge on any atom is -0.356 e. The maximum absolute atomic E-state index is 11.9. The number of fused-ring (bicyclic) bond motifs is 1. The molecule has 0 spiro atoms. The molecule has 3 rings (SSSR count). The molecule has 1 N–H and O–H groups in total. The lowest BCUT2D eigenvalue weighted by molar-refractivity contribution is -0.121. The van der Waals surface area contributed by atoms with Gasteiger partial charge in [0.15, 0.2) is 0 Å². The Kier molecular flexibility index (Phi) is 7.03. The van der Waals surface area contributed by atoms with Crippen molar-refractivity contribution in [3.63, 3.8) is 0 Å². The number of benzene rings is 1. The van der Waals surface area contributed by atoms with Crippen molar-refractivity contribution >= 4 is 16.8 Å². The number of amides is 1. The van der Waals surface area contributed by atoms with Gasteiger partial charge in [-0.1, -0.05) is 37.1 Å².